The van der Waals surface area contributed by atoms with Crippen molar-refractivity contribution in [2.75, 3.05) is 26.8 Å². The highest BCUT2D eigenvalue weighted by atomic mass is 16.6. The Hall–Kier alpha value is -1.27. The first kappa shape index (κ1) is 15.1. The van der Waals surface area contributed by atoms with Crippen molar-refractivity contribution < 1.29 is 14.4 Å². The van der Waals surface area contributed by atoms with Crippen molar-refractivity contribution in [1.29, 1.82) is 0 Å². The zero-order valence-electron chi connectivity index (χ0n) is 12.0. The molecule has 0 aromatic heterocycles. The van der Waals surface area contributed by atoms with E-state index < -0.39 is 0 Å². The molecular weight excluding hydrogens is 256 g/mol. The Morgan fingerprint density at radius 2 is 2.25 bits per heavy atom. The van der Waals surface area contributed by atoms with Gasteiger partial charge in [-0.3, -0.25) is 4.79 Å². The molecule has 1 saturated heterocycles. The van der Waals surface area contributed by atoms with Gasteiger partial charge in [-0.2, -0.15) is 5.48 Å². The fraction of sp³-hybridized carbons (Fsp3) is 0.533. The molecule has 20 heavy (non-hydrogen) atoms. The monoisotopic (exact) mass is 278 g/mol. The quantitative estimate of drug-likeness (QED) is 0.609. The summed E-state index contributed by atoms with van der Waals surface area (Å²) < 4.78 is 5.69. The molecule has 1 aliphatic rings. The van der Waals surface area contributed by atoms with Gasteiger partial charge in [0.1, 0.15) is 0 Å². The summed E-state index contributed by atoms with van der Waals surface area (Å²) in [6.45, 7) is 4.38. The molecule has 1 heterocycles. The van der Waals surface area contributed by atoms with E-state index in [4.69, 9.17) is 9.57 Å². The Labute approximate surface area is 119 Å². The number of carbonyl (C=O) groups is 1. The predicted octanol–water partition coefficient (Wildman–Crippen LogP) is 1.46. The van der Waals surface area contributed by atoms with Crippen LogP contribution in [0, 0.1) is 0 Å². The van der Waals surface area contributed by atoms with Crippen LogP contribution in [-0.2, 0) is 9.57 Å². The topological polar surface area (TPSA) is 59.6 Å². The largest absolute Gasteiger partial charge is 0.371 e. The Bertz CT molecular complexity index is 427. The summed E-state index contributed by atoms with van der Waals surface area (Å²) in [5.41, 5.74) is 4.51. The van der Waals surface area contributed by atoms with Crippen molar-refractivity contribution in [1.82, 2.24) is 10.8 Å². The van der Waals surface area contributed by atoms with E-state index in [9.17, 15) is 4.79 Å². The average molecular weight is 278 g/mol. The Kier molecular flexibility index (Phi) is 5.67. The zero-order chi connectivity index (χ0) is 14.4. The summed E-state index contributed by atoms with van der Waals surface area (Å²) in [6, 6.07) is 7.33. The first-order valence-corrected chi connectivity index (χ1v) is 7.01. The second-order valence-electron chi connectivity index (χ2n) is 4.83. The molecule has 0 saturated carbocycles. The fourth-order valence-electron chi connectivity index (χ4n) is 2.31. The van der Waals surface area contributed by atoms with Crippen molar-refractivity contribution >= 4 is 5.78 Å². The molecule has 0 aliphatic carbocycles. The maximum atomic E-state index is 12.3. The number of carbonyl (C=O) groups excluding carboxylic acids is 1. The molecule has 1 fully saturated rings. The number of ether oxygens (including phenoxy) is 1. The minimum Gasteiger partial charge on any atom is -0.371 e. The van der Waals surface area contributed by atoms with Gasteiger partial charge < -0.3 is 14.9 Å². The molecule has 5 nitrogen and oxygen atoms in total. The molecule has 110 valence electrons. The minimum absolute atomic E-state index is 0.0450. The van der Waals surface area contributed by atoms with Gasteiger partial charge in [-0.15, -0.1) is 0 Å². The number of morpholine rings is 1. The number of nitrogens with one attached hydrogen (secondary N) is 2. The number of hydroxylamine groups is 1. The van der Waals surface area contributed by atoms with Gasteiger partial charge in [0.05, 0.1) is 25.9 Å². The van der Waals surface area contributed by atoms with Crippen LogP contribution in [0.4, 0.5) is 0 Å². The van der Waals surface area contributed by atoms with Crippen LogP contribution >= 0.6 is 0 Å². The van der Waals surface area contributed by atoms with Crippen LogP contribution in [0.2, 0.25) is 0 Å². The van der Waals surface area contributed by atoms with Crippen LogP contribution in [0.1, 0.15) is 35.4 Å². The molecule has 2 N–H and O–H groups in total. The van der Waals surface area contributed by atoms with Gasteiger partial charge in [-0.1, -0.05) is 31.2 Å². The average Bonchev–Trinajstić information content (AvgIpc) is 2.53. The smallest absolute Gasteiger partial charge is 0.182 e. The third-order valence-corrected chi connectivity index (χ3v) is 3.48. The number of Topliss-reactive ketones (excluding diaryl/α,β-unsaturated/α-hetero) is 1. The second kappa shape index (κ2) is 7.50. The van der Waals surface area contributed by atoms with Crippen LogP contribution in [0.3, 0.4) is 0 Å². The van der Waals surface area contributed by atoms with Gasteiger partial charge >= 0.3 is 0 Å². The maximum Gasteiger partial charge on any atom is 0.182 e. The van der Waals surface area contributed by atoms with Crippen LogP contribution in [0.25, 0.3) is 0 Å². The number of rotatable bonds is 6. The molecule has 0 spiro atoms. The number of ketones is 1. The molecule has 1 aliphatic heterocycles. The summed E-state index contributed by atoms with van der Waals surface area (Å²) >= 11 is 0. The number of benzene rings is 1. The molecule has 2 unspecified atom stereocenters. The molecule has 2 atom stereocenters. The van der Waals surface area contributed by atoms with Crippen molar-refractivity contribution in [3.8, 4) is 0 Å². The third kappa shape index (κ3) is 3.64. The van der Waals surface area contributed by atoms with Gasteiger partial charge in [-0.05, 0) is 12.0 Å². The van der Waals surface area contributed by atoms with Gasteiger partial charge in [0.15, 0.2) is 5.78 Å². The molecule has 0 amide bonds. The molecule has 0 radical (unpaired) electrons. The van der Waals surface area contributed by atoms with E-state index in [1.165, 1.54) is 7.11 Å². The molecular formula is C15H22N2O3. The summed E-state index contributed by atoms with van der Waals surface area (Å²) in [5.74, 6) is 0.0450. The third-order valence-electron chi connectivity index (χ3n) is 3.48. The van der Waals surface area contributed by atoms with E-state index in [1.807, 2.05) is 31.2 Å². The van der Waals surface area contributed by atoms with Crippen molar-refractivity contribution in [3.63, 3.8) is 0 Å². The van der Waals surface area contributed by atoms with Crippen molar-refractivity contribution in [3.05, 3.63) is 35.4 Å². The van der Waals surface area contributed by atoms with Crippen LogP contribution in [0.5, 0.6) is 0 Å². The highest BCUT2D eigenvalue weighted by Gasteiger charge is 2.19. The molecule has 1 aromatic carbocycles. The first-order chi connectivity index (χ1) is 9.76. The van der Waals surface area contributed by atoms with Gasteiger partial charge in [-0.25, -0.2) is 0 Å². The van der Waals surface area contributed by atoms with Crippen LogP contribution < -0.4 is 10.8 Å². The highest BCUT2D eigenvalue weighted by molar-refractivity contribution is 6.00. The van der Waals surface area contributed by atoms with E-state index in [0.717, 1.165) is 25.3 Å². The molecule has 1 aromatic rings. The van der Waals surface area contributed by atoms with Crippen LogP contribution in [-0.4, -0.2) is 38.6 Å². The van der Waals surface area contributed by atoms with E-state index >= 15 is 0 Å². The normalized spacial score (nSPS) is 20.6. The van der Waals surface area contributed by atoms with E-state index in [2.05, 4.69) is 10.8 Å². The number of hydrogen-bond acceptors (Lipinski definition) is 5. The van der Waals surface area contributed by atoms with E-state index in [1.54, 1.807) is 0 Å². The standard InChI is InChI=1S/C15H22N2O3/c1-3-13(17-19-2)15(18)12-6-4-11(5-7-12)14-10-16-8-9-20-14/h4-7,13-14,16-17H,3,8-10H2,1-2H3. The molecule has 5 heteroatoms. The van der Waals surface area contributed by atoms with Crippen molar-refractivity contribution in [2.24, 2.45) is 0 Å². The second-order valence-corrected chi connectivity index (χ2v) is 4.83. The lowest BCUT2D eigenvalue weighted by molar-refractivity contribution is 0.0276. The summed E-state index contributed by atoms with van der Waals surface area (Å²) in [4.78, 5) is 17.1. The fourth-order valence-corrected chi connectivity index (χ4v) is 2.31. The SMILES string of the molecule is CCC(NOC)C(=O)c1ccc(C2CNCCO2)cc1. The molecule has 0 bridgehead atoms. The Balaban J connectivity index is 2.05. The lowest BCUT2D eigenvalue weighted by Crippen LogP contribution is -2.35. The van der Waals surface area contributed by atoms with Crippen LogP contribution in [0.15, 0.2) is 24.3 Å². The Morgan fingerprint density at radius 3 is 2.80 bits per heavy atom. The predicted molar refractivity (Wildman–Crippen MR) is 76.6 cm³/mol. The van der Waals surface area contributed by atoms with Gasteiger partial charge in [0.2, 0.25) is 0 Å². The maximum absolute atomic E-state index is 12.3. The van der Waals surface area contributed by atoms with Crippen molar-refractivity contribution in [2.45, 2.75) is 25.5 Å². The Morgan fingerprint density at radius 1 is 1.50 bits per heavy atom. The number of hydrogen-bond donors (Lipinski definition) is 2. The lowest BCUT2D eigenvalue weighted by Gasteiger charge is -2.24. The van der Waals surface area contributed by atoms with E-state index in [0.29, 0.717) is 12.0 Å². The molecule has 2 rings (SSSR count). The minimum atomic E-state index is -0.307. The van der Waals surface area contributed by atoms with E-state index in [-0.39, 0.29) is 17.9 Å². The summed E-state index contributed by atoms with van der Waals surface area (Å²) in [5, 5.41) is 3.30. The summed E-state index contributed by atoms with van der Waals surface area (Å²) in [6.07, 6.45) is 0.761. The highest BCUT2D eigenvalue weighted by Crippen LogP contribution is 2.19. The zero-order valence-corrected chi connectivity index (χ0v) is 12.0. The first-order valence-electron chi connectivity index (χ1n) is 7.01. The van der Waals surface area contributed by atoms with Gasteiger partial charge in [0.25, 0.3) is 0 Å². The van der Waals surface area contributed by atoms with Gasteiger partial charge in [0, 0.05) is 18.7 Å². The lowest BCUT2D eigenvalue weighted by atomic mass is 10.00. The summed E-state index contributed by atoms with van der Waals surface area (Å²) in [7, 11) is 1.52.